The molecule has 0 spiro atoms. The fraction of sp³-hybridized carbons (Fsp3) is 0.293. The van der Waals surface area contributed by atoms with Gasteiger partial charge in [-0.3, -0.25) is 4.99 Å². The maximum Gasteiger partial charge on any atom is 0.0615 e. The largest absolute Gasteiger partial charge is 0.392 e. The minimum atomic E-state index is -0.420. The molecule has 3 nitrogen and oxygen atoms in total. The molecular formula is C41H45ClN2O. The molecule has 1 N–H and O–H groups in total. The third-order valence-corrected chi connectivity index (χ3v) is 10.0. The van der Waals surface area contributed by atoms with Crippen molar-refractivity contribution in [2.24, 2.45) is 10.4 Å². The Morgan fingerprint density at radius 3 is 2.51 bits per heavy atom. The zero-order valence-corrected chi connectivity index (χ0v) is 28.2. The predicted molar refractivity (Wildman–Crippen MR) is 196 cm³/mol. The molecule has 0 saturated heterocycles. The Balaban J connectivity index is 1.43. The number of anilines is 1. The van der Waals surface area contributed by atoms with Gasteiger partial charge < -0.3 is 10.0 Å². The molecule has 1 aliphatic heterocycles. The van der Waals surface area contributed by atoms with Gasteiger partial charge in [-0.2, -0.15) is 0 Å². The maximum atomic E-state index is 9.31. The molecule has 1 aliphatic carbocycles. The molecule has 0 atom stereocenters. The highest BCUT2D eigenvalue weighted by Gasteiger charge is 2.39. The van der Waals surface area contributed by atoms with E-state index in [1.54, 1.807) is 6.08 Å². The lowest BCUT2D eigenvalue weighted by atomic mass is 9.75. The maximum absolute atomic E-state index is 9.31. The highest BCUT2D eigenvalue weighted by atomic mass is 35.5. The van der Waals surface area contributed by atoms with Gasteiger partial charge in [0.25, 0.3) is 0 Å². The van der Waals surface area contributed by atoms with Gasteiger partial charge in [0.2, 0.25) is 0 Å². The topological polar surface area (TPSA) is 35.8 Å². The van der Waals surface area contributed by atoms with Gasteiger partial charge in [0.05, 0.1) is 6.61 Å². The van der Waals surface area contributed by atoms with E-state index in [9.17, 15) is 5.11 Å². The molecule has 0 fully saturated rings. The van der Waals surface area contributed by atoms with Crippen molar-refractivity contribution in [1.29, 1.82) is 0 Å². The van der Waals surface area contributed by atoms with E-state index in [0.717, 1.165) is 52.3 Å². The van der Waals surface area contributed by atoms with Crippen LogP contribution in [-0.2, 0) is 5.41 Å². The van der Waals surface area contributed by atoms with Crippen molar-refractivity contribution in [3.8, 4) is 0 Å². The van der Waals surface area contributed by atoms with Gasteiger partial charge in [-0.15, -0.1) is 0 Å². The van der Waals surface area contributed by atoms with Crippen LogP contribution in [0.5, 0.6) is 0 Å². The summed E-state index contributed by atoms with van der Waals surface area (Å²) in [4.78, 5) is 7.03. The van der Waals surface area contributed by atoms with Gasteiger partial charge >= 0.3 is 0 Å². The van der Waals surface area contributed by atoms with E-state index in [1.165, 1.54) is 33.3 Å². The average molecular weight is 617 g/mol. The summed E-state index contributed by atoms with van der Waals surface area (Å²) in [6.45, 7) is 13.5. The number of aliphatic hydroxyl groups is 1. The third-order valence-electron chi connectivity index (χ3n) is 9.56. The van der Waals surface area contributed by atoms with Crippen LogP contribution in [0.15, 0.2) is 124 Å². The molecule has 5 rings (SSSR count). The first-order valence-electron chi connectivity index (χ1n) is 15.8. The number of hydrogen-bond acceptors (Lipinski definition) is 3. The first-order valence-corrected chi connectivity index (χ1v) is 16.2. The number of aliphatic hydroxyl groups excluding tert-OH is 1. The molecule has 0 bridgehead atoms. The summed E-state index contributed by atoms with van der Waals surface area (Å²) in [6, 6.07) is 21.3. The van der Waals surface area contributed by atoms with Crippen molar-refractivity contribution in [1.82, 2.24) is 0 Å². The van der Waals surface area contributed by atoms with Crippen LogP contribution < -0.4 is 4.90 Å². The lowest BCUT2D eigenvalue weighted by molar-refractivity contribution is 0.343. The van der Waals surface area contributed by atoms with Crippen LogP contribution in [0.25, 0.3) is 22.4 Å². The first kappa shape index (κ1) is 32.5. The van der Waals surface area contributed by atoms with Gasteiger partial charge in [0.1, 0.15) is 0 Å². The quantitative estimate of drug-likeness (QED) is 0.256. The summed E-state index contributed by atoms with van der Waals surface area (Å²) in [5.41, 5.74) is 9.63. The van der Waals surface area contributed by atoms with Crippen LogP contribution in [0.1, 0.15) is 63.6 Å². The molecule has 3 aromatic rings. The predicted octanol–water partition coefficient (Wildman–Crippen LogP) is 10.4. The molecule has 1 heterocycles. The number of halogens is 1. The molecule has 3 aromatic carbocycles. The lowest BCUT2D eigenvalue weighted by Crippen LogP contribution is -2.24. The van der Waals surface area contributed by atoms with Gasteiger partial charge in [-0.05, 0) is 81.7 Å². The normalized spacial score (nSPS) is 19.1. The van der Waals surface area contributed by atoms with Crippen molar-refractivity contribution in [2.45, 2.75) is 52.4 Å². The minimum Gasteiger partial charge on any atom is -0.392 e. The van der Waals surface area contributed by atoms with Crippen LogP contribution in [-0.4, -0.2) is 31.5 Å². The number of aliphatic imine (C=N–C) groups is 1. The molecule has 0 unspecified atom stereocenters. The highest BCUT2D eigenvalue weighted by Crippen LogP contribution is 2.50. The van der Waals surface area contributed by atoms with E-state index >= 15 is 0 Å². The average Bonchev–Trinajstić information content (AvgIpc) is 3.24. The molecule has 232 valence electrons. The Hall–Kier alpha value is -3.92. The van der Waals surface area contributed by atoms with Crippen molar-refractivity contribution in [3.63, 3.8) is 0 Å². The second kappa shape index (κ2) is 13.2. The summed E-state index contributed by atoms with van der Waals surface area (Å²) < 4.78 is 0. The number of benzene rings is 3. The van der Waals surface area contributed by atoms with Crippen molar-refractivity contribution in [3.05, 3.63) is 136 Å². The monoisotopic (exact) mass is 616 g/mol. The van der Waals surface area contributed by atoms with E-state index in [1.807, 2.05) is 31.3 Å². The number of rotatable bonds is 8. The Labute approximate surface area is 274 Å². The van der Waals surface area contributed by atoms with Gasteiger partial charge in [0.15, 0.2) is 0 Å². The number of nitrogens with zero attached hydrogens (tertiary/aromatic N) is 2. The third kappa shape index (κ3) is 6.17. The van der Waals surface area contributed by atoms with Crippen LogP contribution in [0.2, 0.25) is 0 Å². The SMILES string of the molecule is C=C(c1ccccc1/C=C\CO)C(C)(C)C(/C=C/C1=C(Cl)C(=C/C=C2/N(C)c3ccc4ccccc4c3C2(C)C)/CCC1)=N/C. The fourth-order valence-corrected chi connectivity index (χ4v) is 7.23. The van der Waals surface area contributed by atoms with Crippen LogP contribution >= 0.6 is 11.6 Å². The van der Waals surface area contributed by atoms with Gasteiger partial charge in [0, 0.05) is 47.1 Å². The standard InChI is InChI=1S/C41H45ClN2O/c1-28(33-19-10-8-14-29(33)18-13-27-45)40(2,3)36(43-6)25-22-31-16-12-17-32(39(31)42)23-26-37-41(4,5)38-34-20-11-9-15-30(34)21-24-35(38)44(37)7/h8-11,13-15,18-26,45H,1,12,16-17,27H2,2-7H3/b18-13-,25-22+,32-23+,37-26+,43-36+. The molecule has 0 amide bonds. The minimum absolute atomic E-state index is 0.00266. The Bertz CT molecular complexity index is 1810. The highest BCUT2D eigenvalue weighted by molar-refractivity contribution is 6.32. The number of likely N-dealkylation sites (N-methyl/N-ethyl adjacent to an activating group) is 1. The summed E-state index contributed by atoms with van der Waals surface area (Å²) in [6.07, 6.45) is 15.4. The molecular weight excluding hydrogens is 572 g/mol. The van der Waals surface area contributed by atoms with E-state index < -0.39 is 5.41 Å². The Kier molecular flexibility index (Phi) is 9.53. The number of fused-ring (bicyclic) bond motifs is 3. The van der Waals surface area contributed by atoms with E-state index in [0.29, 0.717) is 0 Å². The lowest BCUT2D eigenvalue weighted by Gasteiger charge is -2.29. The molecule has 0 radical (unpaired) electrons. The van der Waals surface area contributed by atoms with Crippen molar-refractivity contribution < 1.29 is 5.11 Å². The van der Waals surface area contributed by atoms with E-state index in [-0.39, 0.29) is 12.0 Å². The fourth-order valence-electron chi connectivity index (χ4n) is 6.91. The van der Waals surface area contributed by atoms with Gasteiger partial charge in [-0.25, -0.2) is 0 Å². The summed E-state index contributed by atoms with van der Waals surface area (Å²) in [5, 5.41) is 12.7. The summed E-state index contributed by atoms with van der Waals surface area (Å²) in [5.74, 6) is 0. The molecule has 0 aromatic heterocycles. The van der Waals surface area contributed by atoms with Crippen molar-refractivity contribution in [2.75, 3.05) is 25.6 Å². The zero-order chi connectivity index (χ0) is 32.4. The second-order valence-corrected chi connectivity index (χ2v) is 13.4. The van der Waals surface area contributed by atoms with Crippen LogP contribution in [0.3, 0.4) is 0 Å². The van der Waals surface area contributed by atoms with Crippen LogP contribution in [0.4, 0.5) is 5.69 Å². The van der Waals surface area contributed by atoms with E-state index in [4.69, 9.17) is 16.6 Å². The first-order chi connectivity index (χ1) is 21.5. The molecule has 45 heavy (non-hydrogen) atoms. The number of hydrogen-bond donors (Lipinski definition) is 1. The second-order valence-electron chi connectivity index (χ2n) is 13.0. The summed E-state index contributed by atoms with van der Waals surface area (Å²) in [7, 11) is 4.00. The van der Waals surface area contributed by atoms with Crippen LogP contribution in [0, 0.1) is 5.41 Å². The molecule has 2 aliphatic rings. The number of allylic oxidation sites excluding steroid dienone is 9. The van der Waals surface area contributed by atoms with E-state index in [2.05, 4.69) is 113 Å². The molecule has 0 saturated carbocycles. The zero-order valence-electron chi connectivity index (χ0n) is 27.5. The van der Waals surface area contributed by atoms with Gasteiger partial charge in [-0.1, -0.05) is 125 Å². The molecule has 4 heteroatoms. The Morgan fingerprint density at radius 2 is 1.76 bits per heavy atom. The Morgan fingerprint density at radius 1 is 1.02 bits per heavy atom. The smallest absolute Gasteiger partial charge is 0.0615 e. The summed E-state index contributed by atoms with van der Waals surface area (Å²) >= 11 is 7.11. The van der Waals surface area contributed by atoms with Crippen molar-refractivity contribution >= 4 is 45.4 Å².